The zero-order chi connectivity index (χ0) is 19.1. The van der Waals surface area contributed by atoms with E-state index in [4.69, 9.17) is 4.74 Å². The van der Waals surface area contributed by atoms with Gasteiger partial charge in [0, 0.05) is 17.7 Å². The molecule has 2 N–H and O–H groups in total. The zero-order valence-corrected chi connectivity index (χ0v) is 17.4. The van der Waals surface area contributed by atoms with Crippen molar-refractivity contribution in [2.75, 3.05) is 19.9 Å². The lowest BCUT2D eigenvalue weighted by Gasteiger charge is -2.14. The van der Waals surface area contributed by atoms with Crippen LogP contribution in [0.3, 0.4) is 0 Å². The molecule has 0 spiro atoms. The van der Waals surface area contributed by atoms with Crippen LogP contribution in [-0.2, 0) is 17.6 Å². The van der Waals surface area contributed by atoms with Crippen molar-refractivity contribution in [1.82, 2.24) is 5.32 Å². The summed E-state index contributed by atoms with van der Waals surface area (Å²) < 4.78 is 16.7. The van der Waals surface area contributed by atoms with Crippen molar-refractivity contribution in [3.8, 4) is 11.5 Å². The van der Waals surface area contributed by atoms with Gasteiger partial charge in [-0.25, -0.2) is 0 Å². The summed E-state index contributed by atoms with van der Waals surface area (Å²) in [6.07, 6.45) is 3.28. The van der Waals surface area contributed by atoms with Crippen molar-refractivity contribution < 1.29 is 19.2 Å². The maximum Gasteiger partial charge on any atom is 0.194 e. The van der Waals surface area contributed by atoms with Crippen molar-refractivity contribution in [2.24, 2.45) is 0 Å². The van der Waals surface area contributed by atoms with Gasteiger partial charge in [-0.15, -0.1) is 12.4 Å². The molecule has 2 rings (SSSR count). The van der Waals surface area contributed by atoms with Gasteiger partial charge >= 0.3 is 0 Å². The molecule has 2 aromatic carbocycles. The van der Waals surface area contributed by atoms with Crippen LogP contribution in [0.15, 0.2) is 47.4 Å². The van der Waals surface area contributed by atoms with E-state index in [-0.39, 0.29) is 41.4 Å². The first kappa shape index (κ1) is 23.3. The summed E-state index contributed by atoms with van der Waals surface area (Å²) in [5.41, 5.74) is 1.67. The number of nitrogens with one attached hydrogen (secondary N) is 1. The molecule has 2 unspecified atom stereocenters. The smallest absolute Gasteiger partial charge is 0.194 e. The van der Waals surface area contributed by atoms with Gasteiger partial charge in [0.25, 0.3) is 0 Å². The van der Waals surface area contributed by atoms with Crippen LogP contribution in [0.4, 0.5) is 0 Å². The van der Waals surface area contributed by atoms with Crippen molar-refractivity contribution in [1.29, 1.82) is 0 Å². The molecule has 0 saturated heterocycles. The Hall–Kier alpha value is -1.73. The highest BCUT2D eigenvalue weighted by Gasteiger charge is 2.16. The predicted molar refractivity (Wildman–Crippen MR) is 111 cm³/mol. The number of aryl methyl sites for hydroxylation is 1. The van der Waals surface area contributed by atoms with Gasteiger partial charge in [0.05, 0.1) is 13.7 Å². The predicted octanol–water partition coefficient (Wildman–Crippen LogP) is 3.35. The van der Waals surface area contributed by atoms with Gasteiger partial charge in [0.15, 0.2) is 16.4 Å². The monoisotopic (exact) mass is 411 g/mol. The minimum absolute atomic E-state index is 0. The Labute approximate surface area is 169 Å². The molecule has 5 nitrogen and oxygen atoms in total. The van der Waals surface area contributed by atoms with E-state index in [9.17, 15) is 14.5 Å². The summed E-state index contributed by atoms with van der Waals surface area (Å²) in [5, 5.41) is 12.9. The lowest BCUT2D eigenvalue weighted by molar-refractivity contribution is 0.0987. The number of halogens is 1. The average molecular weight is 412 g/mol. The van der Waals surface area contributed by atoms with Crippen LogP contribution in [0.1, 0.15) is 29.3 Å². The molecule has 0 bridgehead atoms. The summed E-state index contributed by atoms with van der Waals surface area (Å²) in [6.45, 7) is 2.24. The van der Waals surface area contributed by atoms with Gasteiger partial charge in [-0.3, -0.25) is 4.79 Å². The molecule has 0 radical (unpaired) electrons. The maximum atomic E-state index is 12.3. The lowest BCUT2D eigenvalue weighted by atomic mass is 10.1. The van der Waals surface area contributed by atoms with Gasteiger partial charge in [-0.2, -0.15) is 0 Å². The Bertz CT molecular complexity index is 737. The summed E-state index contributed by atoms with van der Waals surface area (Å²) in [6, 6.07) is 12.6. The first-order chi connectivity index (χ1) is 12.4. The van der Waals surface area contributed by atoms with Crippen LogP contribution in [0.5, 0.6) is 11.5 Å². The Balaban J connectivity index is 0.00000364. The van der Waals surface area contributed by atoms with E-state index in [1.54, 1.807) is 13.2 Å². The standard InChI is InChI=1S/C20H25NO4S.ClH/c1-14(4-5-15-6-9-17(25-2)10-7-15)21-13-19(23)16-8-11-18(22)20(12-16)26(3)24;/h6-12,14,21-22H,4-5,13H2,1-3H3;1H. The highest BCUT2D eigenvalue weighted by molar-refractivity contribution is 7.90. The number of hydrogen-bond acceptors (Lipinski definition) is 5. The molecule has 2 aromatic rings. The molecule has 0 heterocycles. The largest absolute Gasteiger partial charge is 0.612 e. The first-order valence-corrected chi connectivity index (χ1v) is 10.0. The molecular formula is C20H26ClNO4S. The Morgan fingerprint density at radius 3 is 2.52 bits per heavy atom. The number of phenolic OH excluding ortho intramolecular Hbond substituents is 1. The van der Waals surface area contributed by atoms with Crippen molar-refractivity contribution in [2.45, 2.75) is 30.7 Å². The second-order valence-corrected chi connectivity index (χ2v) is 7.58. The van der Waals surface area contributed by atoms with E-state index in [1.807, 2.05) is 31.2 Å². The number of hydrogen-bond donors (Lipinski definition) is 2. The number of rotatable bonds is 9. The number of ketones is 1. The molecule has 7 heteroatoms. The van der Waals surface area contributed by atoms with Crippen LogP contribution in [0.25, 0.3) is 0 Å². The Morgan fingerprint density at radius 2 is 1.93 bits per heavy atom. The second-order valence-electron chi connectivity index (χ2n) is 6.23. The number of aromatic hydroxyl groups is 1. The SMILES string of the molecule is COc1ccc(CCC(C)NCC(=O)c2ccc(O)c([S+](C)[O-])c2)cc1.Cl. The molecule has 27 heavy (non-hydrogen) atoms. The number of carbonyl (C=O) groups is 1. The third-order valence-electron chi connectivity index (χ3n) is 4.23. The number of carbonyl (C=O) groups excluding carboxylic acids is 1. The average Bonchev–Trinajstić information content (AvgIpc) is 2.64. The summed E-state index contributed by atoms with van der Waals surface area (Å²) in [5.74, 6) is 0.697. The Morgan fingerprint density at radius 1 is 1.26 bits per heavy atom. The molecule has 0 aliphatic carbocycles. The van der Waals surface area contributed by atoms with E-state index >= 15 is 0 Å². The molecule has 0 aromatic heterocycles. The minimum Gasteiger partial charge on any atom is -0.612 e. The highest BCUT2D eigenvalue weighted by Crippen LogP contribution is 2.23. The summed E-state index contributed by atoms with van der Waals surface area (Å²) in [7, 11) is 1.65. The van der Waals surface area contributed by atoms with Gasteiger partial charge in [0.2, 0.25) is 0 Å². The molecule has 0 amide bonds. The number of ether oxygens (including phenoxy) is 1. The van der Waals surface area contributed by atoms with E-state index in [2.05, 4.69) is 5.32 Å². The quantitative estimate of drug-likeness (QED) is 0.488. The van der Waals surface area contributed by atoms with Gasteiger partial charge in [-0.1, -0.05) is 12.1 Å². The summed E-state index contributed by atoms with van der Waals surface area (Å²) >= 11 is -1.34. The van der Waals surface area contributed by atoms with Gasteiger partial charge in [0.1, 0.15) is 12.0 Å². The topological polar surface area (TPSA) is 81.6 Å². The van der Waals surface area contributed by atoms with Gasteiger partial charge in [-0.05, 0) is 60.8 Å². The van der Waals surface area contributed by atoms with E-state index in [1.165, 1.54) is 24.0 Å². The normalized spacial score (nSPS) is 12.7. The molecule has 2 atom stereocenters. The fraction of sp³-hybridized carbons (Fsp3) is 0.350. The van der Waals surface area contributed by atoms with Crippen molar-refractivity contribution in [3.05, 3.63) is 53.6 Å². The molecular weight excluding hydrogens is 386 g/mol. The van der Waals surface area contributed by atoms with Crippen molar-refractivity contribution in [3.63, 3.8) is 0 Å². The third-order valence-corrected chi connectivity index (χ3v) is 5.17. The van der Waals surface area contributed by atoms with Crippen LogP contribution in [0, 0.1) is 0 Å². The number of benzene rings is 2. The third kappa shape index (κ3) is 7.07. The number of methoxy groups -OCH3 is 1. The van der Waals surface area contributed by atoms with Crippen LogP contribution >= 0.6 is 12.4 Å². The van der Waals surface area contributed by atoms with Crippen molar-refractivity contribution >= 4 is 29.4 Å². The van der Waals surface area contributed by atoms with E-state index in [0.717, 1.165) is 18.6 Å². The van der Waals surface area contributed by atoms with Crippen LogP contribution < -0.4 is 10.1 Å². The Kier molecular flexibility index (Phi) is 9.66. The van der Waals surface area contributed by atoms with Gasteiger partial charge < -0.3 is 19.7 Å². The van der Waals surface area contributed by atoms with Crippen LogP contribution in [0.2, 0.25) is 0 Å². The first-order valence-electron chi connectivity index (χ1n) is 8.46. The fourth-order valence-electron chi connectivity index (χ4n) is 2.56. The summed E-state index contributed by atoms with van der Waals surface area (Å²) in [4.78, 5) is 12.6. The molecule has 0 aliphatic heterocycles. The second kappa shape index (κ2) is 11.2. The molecule has 0 saturated carbocycles. The number of phenols is 1. The zero-order valence-electron chi connectivity index (χ0n) is 15.7. The molecule has 0 fully saturated rings. The lowest BCUT2D eigenvalue weighted by Crippen LogP contribution is -2.32. The van der Waals surface area contributed by atoms with E-state index < -0.39 is 11.2 Å². The van der Waals surface area contributed by atoms with Crippen LogP contribution in [-0.4, -0.2) is 41.4 Å². The fourth-order valence-corrected chi connectivity index (χ4v) is 3.22. The highest BCUT2D eigenvalue weighted by atomic mass is 35.5. The molecule has 0 aliphatic rings. The van der Waals surface area contributed by atoms with E-state index in [0.29, 0.717) is 5.56 Å². The maximum absolute atomic E-state index is 12.3. The minimum atomic E-state index is -1.34. The number of Topliss-reactive ketones (excluding diaryl/α,β-unsaturated/α-hetero) is 1. The molecule has 148 valence electrons.